The van der Waals surface area contributed by atoms with Crippen molar-refractivity contribution in [1.29, 1.82) is 0 Å². The lowest BCUT2D eigenvalue weighted by Crippen LogP contribution is -2.38. The van der Waals surface area contributed by atoms with Gasteiger partial charge in [-0.2, -0.15) is 0 Å². The van der Waals surface area contributed by atoms with E-state index in [1.54, 1.807) is 11.9 Å². The van der Waals surface area contributed by atoms with Crippen LogP contribution in [-0.4, -0.2) is 25.2 Å². The van der Waals surface area contributed by atoms with E-state index >= 15 is 0 Å². The van der Waals surface area contributed by atoms with Crippen molar-refractivity contribution >= 4 is 17.3 Å². The fourth-order valence-electron chi connectivity index (χ4n) is 2.78. The maximum absolute atomic E-state index is 12.6. The standard InChI is InChI=1S/C15H22N2O2/c1-9-10(2)19-11(3)14(9)15(18)17(4)13-7-5-6-12(16)8-13/h5-11,14H,16H2,1-4H3. The highest BCUT2D eigenvalue weighted by atomic mass is 16.5. The smallest absolute Gasteiger partial charge is 0.232 e. The van der Waals surface area contributed by atoms with Gasteiger partial charge in [0.25, 0.3) is 0 Å². The van der Waals surface area contributed by atoms with Gasteiger partial charge in [0.15, 0.2) is 0 Å². The summed E-state index contributed by atoms with van der Waals surface area (Å²) in [6, 6.07) is 7.37. The van der Waals surface area contributed by atoms with Gasteiger partial charge in [-0.1, -0.05) is 13.0 Å². The maximum atomic E-state index is 12.6. The molecule has 4 heteroatoms. The van der Waals surface area contributed by atoms with E-state index < -0.39 is 0 Å². The third kappa shape index (κ3) is 2.59. The van der Waals surface area contributed by atoms with Crippen molar-refractivity contribution in [3.05, 3.63) is 24.3 Å². The molecule has 1 fully saturated rings. The number of amides is 1. The molecule has 4 atom stereocenters. The molecule has 0 bridgehead atoms. The predicted octanol–water partition coefficient (Wildman–Crippen LogP) is 2.29. The minimum atomic E-state index is -0.0959. The van der Waals surface area contributed by atoms with Crippen molar-refractivity contribution in [1.82, 2.24) is 0 Å². The van der Waals surface area contributed by atoms with E-state index in [1.807, 2.05) is 38.1 Å². The summed E-state index contributed by atoms with van der Waals surface area (Å²) in [6.07, 6.45) is 0.0826. The minimum Gasteiger partial charge on any atom is -0.399 e. The number of benzene rings is 1. The van der Waals surface area contributed by atoms with Crippen molar-refractivity contribution in [2.24, 2.45) is 11.8 Å². The average Bonchev–Trinajstić information content (AvgIpc) is 2.61. The van der Waals surface area contributed by atoms with Gasteiger partial charge in [-0.15, -0.1) is 0 Å². The van der Waals surface area contributed by atoms with Crippen molar-refractivity contribution in [2.75, 3.05) is 17.7 Å². The number of ether oxygens (including phenoxy) is 1. The number of nitrogens with two attached hydrogens (primary N) is 1. The Morgan fingerprint density at radius 2 is 1.95 bits per heavy atom. The van der Waals surface area contributed by atoms with Gasteiger partial charge in [0.1, 0.15) is 0 Å². The second kappa shape index (κ2) is 5.21. The van der Waals surface area contributed by atoms with Crippen LogP contribution in [0.3, 0.4) is 0 Å². The predicted molar refractivity (Wildman–Crippen MR) is 76.9 cm³/mol. The number of anilines is 2. The molecule has 0 saturated carbocycles. The molecule has 19 heavy (non-hydrogen) atoms. The molecule has 2 rings (SSSR count). The summed E-state index contributed by atoms with van der Waals surface area (Å²) in [5, 5.41) is 0. The Morgan fingerprint density at radius 3 is 2.47 bits per heavy atom. The molecule has 1 amide bonds. The lowest BCUT2D eigenvalue weighted by Gasteiger charge is -2.25. The zero-order valence-corrected chi connectivity index (χ0v) is 12.0. The van der Waals surface area contributed by atoms with Crippen LogP contribution in [0.2, 0.25) is 0 Å². The van der Waals surface area contributed by atoms with Gasteiger partial charge in [0.2, 0.25) is 5.91 Å². The zero-order chi connectivity index (χ0) is 14.2. The Bertz CT molecular complexity index is 475. The topological polar surface area (TPSA) is 55.6 Å². The van der Waals surface area contributed by atoms with E-state index in [0.717, 1.165) is 5.69 Å². The molecular formula is C15H22N2O2. The molecule has 0 radical (unpaired) electrons. The first-order valence-corrected chi connectivity index (χ1v) is 6.70. The van der Waals surface area contributed by atoms with Gasteiger partial charge in [-0.3, -0.25) is 4.79 Å². The molecule has 104 valence electrons. The zero-order valence-electron chi connectivity index (χ0n) is 12.0. The van der Waals surface area contributed by atoms with Crippen LogP contribution in [0.5, 0.6) is 0 Å². The van der Waals surface area contributed by atoms with Gasteiger partial charge in [0, 0.05) is 18.4 Å². The fourth-order valence-corrected chi connectivity index (χ4v) is 2.78. The number of carbonyl (C=O) groups is 1. The second-order valence-electron chi connectivity index (χ2n) is 5.42. The average molecular weight is 262 g/mol. The number of nitrogens with zero attached hydrogens (tertiary/aromatic N) is 1. The van der Waals surface area contributed by atoms with Crippen molar-refractivity contribution in [2.45, 2.75) is 33.0 Å². The van der Waals surface area contributed by atoms with E-state index in [2.05, 4.69) is 6.92 Å². The van der Waals surface area contributed by atoms with Crippen LogP contribution in [-0.2, 0) is 9.53 Å². The molecule has 0 aromatic heterocycles. The Balaban J connectivity index is 2.20. The number of nitrogen functional groups attached to an aromatic ring is 1. The van der Waals surface area contributed by atoms with E-state index in [4.69, 9.17) is 10.5 Å². The van der Waals surface area contributed by atoms with Crippen LogP contribution >= 0.6 is 0 Å². The van der Waals surface area contributed by atoms with Crippen LogP contribution in [0.15, 0.2) is 24.3 Å². The Labute approximate surface area is 114 Å². The first-order valence-electron chi connectivity index (χ1n) is 6.70. The lowest BCUT2D eigenvalue weighted by atomic mass is 9.88. The maximum Gasteiger partial charge on any atom is 0.232 e. The Kier molecular flexibility index (Phi) is 3.80. The molecule has 1 heterocycles. The van der Waals surface area contributed by atoms with Crippen LogP contribution in [0, 0.1) is 11.8 Å². The molecule has 2 N–H and O–H groups in total. The van der Waals surface area contributed by atoms with Gasteiger partial charge in [-0.25, -0.2) is 0 Å². The van der Waals surface area contributed by atoms with Crippen molar-refractivity contribution in [3.63, 3.8) is 0 Å². The third-order valence-electron chi connectivity index (χ3n) is 4.12. The highest BCUT2D eigenvalue weighted by molar-refractivity contribution is 5.95. The molecule has 1 aromatic rings. The van der Waals surface area contributed by atoms with Gasteiger partial charge < -0.3 is 15.4 Å². The largest absolute Gasteiger partial charge is 0.399 e. The SMILES string of the molecule is CC1OC(C)C(C(=O)N(C)c2cccc(N)c2)C1C. The van der Waals surface area contributed by atoms with E-state index in [-0.39, 0.29) is 30.0 Å². The summed E-state index contributed by atoms with van der Waals surface area (Å²) in [7, 11) is 1.79. The molecule has 0 spiro atoms. The quantitative estimate of drug-likeness (QED) is 0.832. The summed E-state index contributed by atoms with van der Waals surface area (Å²) >= 11 is 0. The molecular weight excluding hydrogens is 240 g/mol. The highest BCUT2D eigenvalue weighted by Gasteiger charge is 2.42. The first-order chi connectivity index (χ1) is 8.91. The van der Waals surface area contributed by atoms with Crippen LogP contribution < -0.4 is 10.6 Å². The monoisotopic (exact) mass is 262 g/mol. The van der Waals surface area contributed by atoms with E-state index in [1.165, 1.54) is 0 Å². The Morgan fingerprint density at radius 1 is 1.26 bits per heavy atom. The molecule has 1 saturated heterocycles. The van der Waals surface area contributed by atoms with Crippen LogP contribution in [0.25, 0.3) is 0 Å². The van der Waals surface area contributed by atoms with Crippen LogP contribution in [0.1, 0.15) is 20.8 Å². The summed E-state index contributed by atoms with van der Waals surface area (Å²) < 4.78 is 5.74. The molecule has 4 nitrogen and oxygen atoms in total. The molecule has 1 aliphatic rings. The summed E-state index contributed by atoms with van der Waals surface area (Å²) in [6.45, 7) is 6.06. The van der Waals surface area contributed by atoms with Crippen molar-refractivity contribution in [3.8, 4) is 0 Å². The van der Waals surface area contributed by atoms with Gasteiger partial charge in [0.05, 0.1) is 18.1 Å². The fraction of sp³-hybridized carbons (Fsp3) is 0.533. The van der Waals surface area contributed by atoms with Crippen molar-refractivity contribution < 1.29 is 9.53 Å². The summed E-state index contributed by atoms with van der Waals surface area (Å²) in [4.78, 5) is 14.3. The molecule has 4 unspecified atom stereocenters. The van der Waals surface area contributed by atoms with E-state index in [0.29, 0.717) is 5.69 Å². The molecule has 1 aliphatic heterocycles. The molecule has 0 aliphatic carbocycles. The summed E-state index contributed by atoms with van der Waals surface area (Å²) in [5.41, 5.74) is 7.25. The lowest BCUT2D eigenvalue weighted by molar-refractivity contribution is -0.124. The first kappa shape index (κ1) is 13.9. The number of carbonyl (C=O) groups excluding carboxylic acids is 1. The normalized spacial score (nSPS) is 30.3. The number of hydrogen-bond donors (Lipinski definition) is 1. The highest BCUT2D eigenvalue weighted by Crippen LogP contribution is 2.34. The number of rotatable bonds is 2. The Hall–Kier alpha value is -1.55. The van der Waals surface area contributed by atoms with Gasteiger partial charge in [-0.05, 0) is 38.0 Å². The van der Waals surface area contributed by atoms with Gasteiger partial charge >= 0.3 is 0 Å². The summed E-state index contributed by atoms with van der Waals surface area (Å²) in [5.74, 6) is 0.224. The molecule has 1 aromatic carbocycles. The van der Waals surface area contributed by atoms with E-state index in [9.17, 15) is 4.79 Å². The third-order valence-corrected chi connectivity index (χ3v) is 4.12. The minimum absolute atomic E-state index is 0.0407. The van der Waals surface area contributed by atoms with Crippen LogP contribution in [0.4, 0.5) is 11.4 Å². The second-order valence-corrected chi connectivity index (χ2v) is 5.42. The number of hydrogen-bond acceptors (Lipinski definition) is 3.